The fourth-order valence-corrected chi connectivity index (χ4v) is 3.60. The van der Waals surface area contributed by atoms with Gasteiger partial charge < -0.3 is 9.64 Å². The molecule has 0 aromatic heterocycles. The smallest absolute Gasteiger partial charge is 0.338 e. The van der Waals surface area contributed by atoms with Crippen LogP contribution in [-0.4, -0.2) is 36.5 Å². The molecule has 142 valence electrons. The summed E-state index contributed by atoms with van der Waals surface area (Å²) in [6.07, 6.45) is 3.04. The Kier molecular flexibility index (Phi) is 6.28. The Hall–Kier alpha value is -2.62. The van der Waals surface area contributed by atoms with Gasteiger partial charge in [0.25, 0.3) is 5.91 Å². The van der Waals surface area contributed by atoms with Crippen molar-refractivity contribution in [2.24, 2.45) is 5.92 Å². The molecule has 0 spiro atoms. The van der Waals surface area contributed by atoms with Crippen LogP contribution in [0.4, 0.5) is 0 Å². The monoisotopic (exact) mass is 365 g/mol. The van der Waals surface area contributed by atoms with E-state index in [2.05, 4.69) is 24.3 Å². The Bertz CT molecular complexity index is 793. The number of rotatable bonds is 5. The first-order valence-corrected chi connectivity index (χ1v) is 9.59. The van der Waals surface area contributed by atoms with Gasteiger partial charge >= 0.3 is 5.97 Å². The Balaban J connectivity index is 1.45. The quantitative estimate of drug-likeness (QED) is 0.754. The zero-order chi connectivity index (χ0) is 19.2. The number of esters is 1. The van der Waals surface area contributed by atoms with E-state index in [1.54, 1.807) is 6.07 Å². The number of hydrogen-bond acceptors (Lipinski definition) is 3. The minimum absolute atomic E-state index is 0.105. The molecule has 1 fully saturated rings. The van der Waals surface area contributed by atoms with Gasteiger partial charge in [-0.1, -0.05) is 42.5 Å². The number of carbonyl (C=O) groups is 2. The molecule has 2 aromatic carbocycles. The lowest BCUT2D eigenvalue weighted by atomic mass is 9.90. The lowest BCUT2D eigenvalue weighted by molar-refractivity contribution is -0.135. The molecule has 4 nitrogen and oxygen atoms in total. The summed E-state index contributed by atoms with van der Waals surface area (Å²) < 4.78 is 5.27. The molecule has 1 saturated heterocycles. The van der Waals surface area contributed by atoms with Crippen molar-refractivity contribution in [3.63, 3.8) is 0 Å². The topological polar surface area (TPSA) is 46.6 Å². The fourth-order valence-electron chi connectivity index (χ4n) is 3.60. The van der Waals surface area contributed by atoms with Gasteiger partial charge in [-0.05, 0) is 61.8 Å². The Morgan fingerprint density at radius 2 is 1.70 bits per heavy atom. The van der Waals surface area contributed by atoms with Gasteiger partial charge in [-0.25, -0.2) is 4.79 Å². The molecular weight excluding hydrogens is 338 g/mol. The van der Waals surface area contributed by atoms with Gasteiger partial charge in [-0.2, -0.15) is 0 Å². The maximum absolute atomic E-state index is 12.4. The molecule has 0 bridgehead atoms. The Morgan fingerprint density at radius 3 is 2.41 bits per heavy atom. The minimum Gasteiger partial charge on any atom is -0.452 e. The molecule has 4 heteroatoms. The van der Waals surface area contributed by atoms with Crippen LogP contribution >= 0.6 is 0 Å². The zero-order valence-electron chi connectivity index (χ0n) is 16.1. The van der Waals surface area contributed by atoms with Crippen LogP contribution in [0.1, 0.15) is 39.9 Å². The fraction of sp³-hybridized carbons (Fsp3) is 0.391. The second-order valence-corrected chi connectivity index (χ2v) is 7.34. The predicted octanol–water partition coefficient (Wildman–Crippen LogP) is 3.94. The van der Waals surface area contributed by atoms with Gasteiger partial charge in [-0.15, -0.1) is 0 Å². The van der Waals surface area contributed by atoms with Crippen molar-refractivity contribution in [3.8, 4) is 0 Å². The summed E-state index contributed by atoms with van der Waals surface area (Å²) >= 11 is 0. The average molecular weight is 365 g/mol. The Morgan fingerprint density at radius 1 is 1.00 bits per heavy atom. The lowest BCUT2D eigenvalue weighted by Gasteiger charge is -2.32. The van der Waals surface area contributed by atoms with E-state index in [1.807, 2.05) is 36.9 Å². The van der Waals surface area contributed by atoms with Crippen LogP contribution in [0, 0.1) is 19.8 Å². The van der Waals surface area contributed by atoms with Gasteiger partial charge in [0.15, 0.2) is 6.61 Å². The first-order chi connectivity index (χ1) is 13.0. The first kappa shape index (κ1) is 19.2. The first-order valence-electron chi connectivity index (χ1n) is 9.59. The highest BCUT2D eigenvalue weighted by atomic mass is 16.5. The van der Waals surface area contributed by atoms with Crippen LogP contribution < -0.4 is 0 Å². The zero-order valence-corrected chi connectivity index (χ0v) is 16.1. The lowest BCUT2D eigenvalue weighted by Crippen LogP contribution is -2.41. The number of likely N-dealkylation sites (tertiary alicyclic amines) is 1. The number of amides is 1. The van der Waals surface area contributed by atoms with E-state index in [-0.39, 0.29) is 12.5 Å². The second-order valence-electron chi connectivity index (χ2n) is 7.34. The van der Waals surface area contributed by atoms with Gasteiger partial charge in [-0.3, -0.25) is 4.79 Å². The van der Waals surface area contributed by atoms with Crippen molar-refractivity contribution < 1.29 is 14.3 Å². The molecule has 0 saturated carbocycles. The third-order valence-electron chi connectivity index (χ3n) is 5.49. The van der Waals surface area contributed by atoms with E-state index in [0.717, 1.165) is 43.5 Å². The van der Waals surface area contributed by atoms with Crippen LogP contribution in [0.5, 0.6) is 0 Å². The van der Waals surface area contributed by atoms with Crippen molar-refractivity contribution >= 4 is 11.9 Å². The van der Waals surface area contributed by atoms with Crippen LogP contribution in [0.15, 0.2) is 48.5 Å². The van der Waals surface area contributed by atoms with Crippen molar-refractivity contribution in [2.45, 2.75) is 33.1 Å². The molecule has 1 aliphatic rings. The van der Waals surface area contributed by atoms with Crippen molar-refractivity contribution in [3.05, 3.63) is 70.8 Å². The highest BCUT2D eigenvalue weighted by Gasteiger charge is 2.24. The van der Waals surface area contributed by atoms with Crippen LogP contribution in [0.25, 0.3) is 0 Å². The highest BCUT2D eigenvalue weighted by molar-refractivity contribution is 5.93. The van der Waals surface area contributed by atoms with Gasteiger partial charge in [0.2, 0.25) is 0 Å². The van der Waals surface area contributed by atoms with Gasteiger partial charge in [0, 0.05) is 13.1 Å². The standard InChI is InChI=1S/C23H27NO3/c1-17-7-6-10-21(18(17)2)23(26)27-16-22(25)24-13-11-20(12-14-24)15-19-8-4-3-5-9-19/h3-10,20H,11-16H2,1-2H3. The van der Waals surface area contributed by atoms with E-state index in [1.165, 1.54) is 5.56 Å². The predicted molar refractivity (Wildman–Crippen MR) is 106 cm³/mol. The molecule has 3 rings (SSSR count). The Labute approximate surface area is 161 Å². The molecule has 27 heavy (non-hydrogen) atoms. The summed E-state index contributed by atoms with van der Waals surface area (Å²) in [5, 5.41) is 0. The van der Waals surface area contributed by atoms with E-state index in [4.69, 9.17) is 4.74 Å². The molecule has 0 unspecified atom stereocenters. The molecule has 0 N–H and O–H groups in total. The second kappa shape index (κ2) is 8.85. The van der Waals surface area contributed by atoms with E-state index >= 15 is 0 Å². The van der Waals surface area contributed by atoms with Crippen LogP contribution in [-0.2, 0) is 16.0 Å². The molecule has 2 aromatic rings. The molecule has 0 aliphatic carbocycles. The van der Waals surface area contributed by atoms with Crippen molar-refractivity contribution in [1.82, 2.24) is 4.90 Å². The summed E-state index contributed by atoms with van der Waals surface area (Å²) in [7, 11) is 0. The number of benzene rings is 2. The normalized spacial score (nSPS) is 14.8. The number of nitrogens with zero attached hydrogens (tertiary/aromatic N) is 1. The van der Waals surface area contributed by atoms with E-state index < -0.39 is 5.97 Å². The largest absolute Gasteiger partial charge is 0.452 e. The molecule has 1 heterocycles. The minimum atomic E-state index is -0.427. The third kappa shape index (κ3) is 4.97. The van der Waals surface area contributed by atoms with E-state index in [9.17, 15) is 9.59 Å². The highest BCUT2D eigenvalue weighted by Crippen LogP contribution is 2.22. The van der Waals surface area contributed by atoms with Crippen LogP contribution in [0.2, 0.25) is 0 Å². The molecule has 1 aliphatic heterocycles. The summed E-state index contributed by atoms with van der Waals surface area (Å²) in [5.74, 6) is 0.0734. The summed E-state index contributed by atoms with van der Waals surface area (Å²) in [6.45, 7) is 5.13. The summed E-state index contributed by atoms with van der Waals surface area (Å²) in [4.78, 5) is 26.5. The number of aryl methyl sites for hydroxylation is 1. The molecule has 0 radical (unpaired) electrons. The SMILES string of the molecule is Cc1cccc(C(=O)OCC(=O)N2CCC(Cc3ccccc3)CC2)c1C. The van der Waals surface area contributed by atoms with Crippen molar-refractivity contribution in [1.29, 1.82) is 0 Å². The van der Waals surface area contributed by atoms with Gasteiger partial charge in [0.05, 0.1) is 5.56 Å². The third-order valence-corrected chi connectivity index (χ3v) is 5.49. The number of hydrogen-bond donors (Lipinski definition) is 0. The average Bonchev–Trinajstić information content (AvgIpc) is 2.69. The summed E-state index contributed by atoms with van der Waals surface area (Å²) in [6, 6.07) is 16.0. The van der Waals surface area contributed by atoms with E-state index in [0.29, 0.717) is 11.5 Å². The maximum Gasteiger partial charge on any atom is 0.338 e. The molecular formula is C23H27NO3. The van der Waals surface area contributed by atoms with Crippen LogP contribution in [0.3, 0.4) is 0 Å². The molecule has 1 amide bonds. The van der Waals surface area contributed by atoms with Gasteiger partial charge in [0.1, 0.15) is 0 Å². The number of piperidine rings is 1. The number of carbonyl (C=O) groups excluding carboxylic acids is 2. The van der Waals surface area contributed by atoms with Crippen molar-refractivity contribution in [2.75, 3.05) is 19.7 Å². The summed E-state index contributed by atoms with van der Waals surface area (Å²) in [5.41, 5.74) is 3.82. The number of ether oxygens (including phenoxy) is 1. The molecule has 0 atom stereocenters. The maximum atomic E-state index is 12.4.